The van der Waals surface area contributed by atoms with Crippen molar-refractivity contribution in [3.8, 4) is 11.5 Å². The molecule has 23 heavy (non-hydrogen) atoms. The van der Waals surface area contributed by atoms with Crippen LogP contribution in [-0.2, 0) is 9.53 Å². The molecule has 0 atom stereocenters. The van der Waals surface area contributed by atoms with Gasteiger partial charge in [-0.3, -0.25) is 4.79 Å². The molecule has 1 fully saturated rings. The third kappa shape index (κ3) is 4.15. The van der Waals surface area contributed by atoms with Crippen molar-refractivity contribution in [1.82, 2.24) is 5.32 Å². The van der Waals surface area contributed by atoms with Gasteiger partial charge in [0, 0.05) is 6.54 Å². The molecule has 0 saturated heterocycles. The van der Waals surface area contributed by atoms with Gasteiger partial charge < -0.3 is 19.5 Å². The number of ether oxygens (including phenoxy) is 3. The van der Waals surface area contributed by atoms with Crippen molar-refractivity contribution in [2.75, 3.05) is 19.9 Å². The maximum absolute atomic E-state index is 12.0. The molecule has 0 bridgehead atoms. The van der Waals surface area contributed by atoms with Gasteiger partial charge in [0.1, 0.15) is 0 Å². The van der Waals surface area contributed by atoms with Crippen molar-refractivity contribution in [2.24, 2.45) is 5.92 Å². The van der Waals surface area contributed by atoms with Crippen LogP contribution in [0.4, 0.5) is 0 Å². The number of carbonyl (C=O) groups is 2. The molecule has 1 heterocycles. The van der Waals surface area contributed by atoms with Gasteiger partial charge in [-0.1, -0.05) is 19.3 Å². The molecule has 1 saturated carbocycles. The van der Waals surface area contributed by atoms with Gasteiger partial charge in [0.2, 0.25) is 6.79 Å². The summed E-state index contributed by atoms with van der Waals surface area (Å²) in [5, 5.41) is 2.84. The summed E-state index contributed by atoms with van der Waals surface area (Å²) in [7, 11) is 0. The van der Waals surface area contributed by atoms with Crippen LogP contribution in [-0.4, -0.2) is 31.8 Å². The van der Waals surface area contributed by atoms with Gasteiger partial charge >= 0.3 is 5.97 Å². The van der Waals surface area contributed by atoms with Gasteiger partial charge in [-0.25, -0.2) is 4.79 Å². The zero-order chi connectivity index (χ0) is 16.1. The summed E-state index contributed by atoms with van der Waals surface area (Å²) in [6.45, 7) is 0.553. The lowest BCUT2D eigenvalue weighted by atomic mass is 9.89. The molecule has 1 amide bonds. The fraction of sp³-hybridized carbons (Fsp3) is 0.529. The van der Waals surface area contributed by atoms with Crippen LogP contribution in [0.25, 0.3) is 0 Å². The minimum absolute atomic E-state index is 0.150. The molecule has 1 N–H and O–H groups in total. The molecule has 124 valence electrons. The molecule has 0 spiro atoms. The molecular formula is C17H21NO5. The minimum Gasteiger partial charge on any atom is -0.454 e. The van der Waals surface area contributed by atoms with E-state index in [4.69, 9.17) is 14.2 Å². The lowest BCUT2D eigenvalue weighted by Gasteiger charge is -2.21. The second kappa shape index (κ2) is 7.35. The Morgan fingerprint density at radius 1 is 1.13 bits per heavy atom. The van der Waals surface area contributed by atoms with Crippen LogP contribution in [0.3, 0.4) is 0 Å². The van der Waals surface area contributed by atoms with Crippen LogP contribution in [0, 0.1) is 5.92 Å². The number of rotatable bonds is 5. The van der Waals surface area contributed by atoms with Gasteiger partial charge in [0.15, 0.2) is 18.1 Å². The Labute approximate surface area is 135 Å². The molecule has 0 radical (unpaired) electrons. The third-order valence-electron chi connectivity index (χ3n) is 4.26. The molecule has 1 aromatic carbocycles. The normalized spacial score (nSPS) is 16.9. The summed E-state index contributed by atoms with van der Waals surface area (Å²) in [6.07, 6.45) is 6.09. The zero-order valence-corrected chi connectivity index (χ0v) is 13.0. The van der Waals surface area contributed by atoms with Crippen LogP contribution < -0.4 is 14.8 Å². The molecule has 1 aliphatic heterocycles. The van der Waals surface area contributed by atoms with Crippen molar-refractivity contribution in [3.05, 3.63) is 23.8 Å². The fourth-order valence-electron chi connectivity index (χ4n) is 2.94. The molecule has 3 rings (SSSR count). The minimum atomic E-state index is -0.545. The highest BCUT2D eigenvalue weighted by Crippen LogP contribution is 2.32. The van der Waals surface area contributed by atoms with Crippen molar-refractivity contribution >= 4 is 11.9 Å². The Morgan fingerprint density at radius 2 is 1.91 bits per heavy atom. The summed E-state index contributed by atoms with van der Waals surface area (Å²) in [4.78, 5) is 23.7. The van der Waals surface area contributed by atoms with Gasteiger partial charge in [0.25, 0.3) is 5.91 Å². The predicted molar refractivity (Wildman–Crippen MR) is 82.4 cm³/mol. The number of hydrogen-bond acceptors (Lipinski definition) is 5. The Kier molecular flexibility index (Phi) is 5.00. The van der Waals surface area contributed by atoms with Crippen molar-refractivity contribution in [3.63, 3.8) is 0 Å². The first-order valence-corrected chi connectivity index (χ1v) is 8.06. The Hall–Kier alpha value is -2.24. The number of esters is 1. The van der Waals surface area contributed by atoms with E-state index in [9.17, 15) is 9.59 Å². The van der Waals surface area contributed by atoms with E-state index in [1.54, 1.807) is 18.2 Å². The Morgan fingerprint density at radius 3 is 2.74 bits per heavy atom. The summed E-state index contributed by atoms with van der Waals surface area (Å²) in [5.74, 6) is 0.867. The van der Waals surface area contributed by atoms with E-state index in [-0.39, 0.29) is 19.3 Å². The number of nitrogens with one attached hydrogen (secondary N) is 1. The van der Waals surface area contributed by atoms with Crippen LogP contribution in [0.2, 0.25) is 0 Å². The Bertz CT molecular complexity index is 580. The van der Waals surface area contributed by atoms with Gasteiger partial charge in [-0.2, -0.15) is 0 Å². The largest absolute Gasteiger partial charge is 0.454 e. The fourth-order valence-corrected chi connectivity index (χ4v) is 2.94. The highest BCUT2D eigenvalue weighted by Gasteiger charge is 2.18. The third-order valence-corrected chi connectivity index (χ3v) is 4.26. The molecule has 0 unspecified atom stereocenters. The van der Waals surface area contributed by atoms with Gasteiger partial charge in [0.05, 0.1) is 5.56 Å². The average molecular weight is 319 g/mol. The highest BCUT2D eigenvalue weighted by atomic mass is 16.7. The average Bonchev–Trinajstić information content (AvgIpc) is 3.06. The highest BCUT2D eigenvalue weighted by molar-refractivity contribution is 5.92. The van der Waals surface area contributed by atoms with Crippen LogP contribution in [0.5, 0.6) is 11.5 Å². The van der Waals surface area contributed by atoms with Crippen LogP contribution >= 0.6 is 0 Å². The molecule has 1 aromatic rings. The topological polar surface area (TPSA) is 73.9 Å². The smallest absolute Gasteiger partial charge is 0.338 e. The first-order valence-electron chi connectivity index (χ1n) is 8.06. The summed E-state index contributed by atoms with van der Waals surface area (Å²) < 4.78 is 15.4. The van der Waals surface area contributed by atoms with E-state index < -0.39 is 5.97 Å². The van der Waals surface area contributed by atoms with Gasteiger partial charge in [-0.05, 0) is 37.0 Å². The van der Waals surface area contributed by atoms with E-state index in [2.05, 4.69) is 5.32 Å². The first-order chi connectivity index (χ1) is 11.2. The van der Waals surface area contributed by atoms with E-state index >= 15 is 0 Å². The SMILES string of the molecule is O=C(COC(=O)c1ccc2c(c1)OCO2)NCC1CCCCC1. The number of fused-ring (bicyclic) bond motifs is 1. The monoisotopic (exact) mass is 319 g/mol. The van der Waals surface area contributed by atoms with Gasteiger partial charge in [-0.15, -0.1) is 0 Å². The molecule has 2 aliphatic rings. The standard InChI is InChI=1S/C17H21NO5/c19-16(18-9-12-4-2-1-3-5-12)10-21-17(20)13-6-7-14-15(8-13)23-11-22-14/h6-8,12H,1-5,9-11H2,(H,18,19). The first kappa shape index (κ1) is 15.6. The molecular weight excluding hydrogens is 298 g/mol. The second-order valence-corrected chi connectivity index (χ2v) is 5.95. The number of amides is 1. The Balaban J connectivity index is 1.42. The number of hydrogen-bond donors (Lipinski definition) is 1. The van der Waals surface area contributed by atoms with Crippen molar-refractivity contribution < 1.29 is 23.8 Å². The van der Waals surface area contributed by atoms with Crippen LogP contribution in [0.15, 0.2) is 18.2 Å². The molecule has 6 nitrogen and oxygen atoms in total. The molecule has 1 aliphatic carbocycles. The van der Waals surface area contributed by atoms with E-state index in [0.29, 0.717) is 29.5 Å². The molecule has 6 heteroatoms. The lowest BCUT2D eigenvalue weighted by Crippen LogP contribution is -2.33. The lowest BCUT2D eigenvalue weighted by molar-refractivity contribution is -0.124. The van der Waals surface area contributed by atoms with Crippen molar-refractivity contribution in [2.45, 2.75) is 32.1 Å². The maximum Gasteiger partial charge on any atom is 0.338 e. The summed E-state index contributed by atoms with van der Waals surface area (Å²) in [5.41, 5.74) is 0.342. The van der Waals surface area contributed by atoms with Crippen molar-refractivity contribution in [1.29, 1.82) is 0 Å². The van der Waals surface area contributed by atoms with E-state index in [1.165, 1.54) is 19.3 Å². The molecule has 0 aromatic heterocycles. The zero-order valence-electron chi connectivity index (χ0n) is 13.0. The van der Waals surface area contributed by atoms with E-state index in [0.717, 1.165) is 12.8 Å². The summed E-state index contributed by atoms with van der Waals surface area (Å²) >= 11 is 0. The summed E-state index contributed by atoms with van der Waals surface area (Å²) in [6, 6.07) is 4.81. The number of carbonyl (C=O) groups excluding carboxylic acids is 2. The van der Waals surface area contributed by atoms with E-state index in [1.807, 2.05) is 0 Å². The predicted octanol–water partition coefficient (Wildman–Crippen LogP) is 2.27. The quantitative estimate of drug-likeness (QED) is 0.843. The van der Waals surface area contributed by atoms with Crippen LogP contribution in [0.1, 0.15) is 42.5 Å². The second-order valence-electron chi connectivity index (χ2n) is 5.95. The maximum atomic E-state index is 12.0. The number of benzene rings is 1.